The van der Waals surface area contributed by atoms with Crippen molar-refractivity contribution in [1.29, 1.82) is 0 Å². The fraction of sp³-hybridized carbons (Fsp3) is 0.474. The molecule has 2 atom stereocenters. The van der Waals surface area contributed by atoms with E-state index in [2.05, 4.69) is 39.0 Å². The highest BCUT2D eigenvalue weighted by Gasteiger charge is 2.36. The number of aliphatic hydroxyl groups is 1. The first-order valence-electron chi connectivity index (χ1n) is 9.11. The average molecular weight is 352 g/mol. The van der Waals surface area contributed by atoms with E-state index in [9.17, 15) is 5.11 Å². The molecule has 2 unspecified atom stereocenters. The van der Waals surface area contributed by atoms with Gasteiger partial charge in [0.25, 0.3) is 0 Å². The molecule has 3 aromatic rings. The zero-order valence-corrected chi connectivity index (χ0v) is 15.2. The van der Waals surface area contributed by atoms with Gasteiger partial charge in [0.15, 0.2) is 0 Å². The molecular formula is C19H24N6O. The Morgan fingerprint density at radius 1 is 1.27 bits per heavy atom. The molecule has 2 aromatic heterocycles. The van der Waals surface area contributed by atoms with E-state index in [1.165, 1.54) is 12.7 Å². The summed E-state index contributed by atoms with van der Waals surface area (Å²) in [6.07, 6.45) is 6.28. The molecule has 0 spiro atoms. The Bertz CT molecular complexity index is 952. The maximum atomic E-state index is 11.1. The van der Waals surface area contributed by atoms with Gasteiger partial charge in [-0.25, -0.2) is 15.0 Å². The lowest BCUT2D eigenvalue weighted by Crippen LogP contribution is -2.41. The van der Waals surface area contributed by atoms with Crippen LogP contribution in [-0.4, -0.2) is 35.2 Å². The number of aryl methyl sites for hydroxylation is 1. The molecule has 0 bridgehead atoms. The van der Waals surface area contributed by atoms with E-state index < -0.39 is 5.60 Å². The molecule has 0 saturated heterocycles. The van der Waals surface area contributed by atoms with Crippen molar-refractivity contribution < 1.29 is 5.11 Å². The van der Waals surface area contributed by atoms with Crippen LogP contribution >= 0.6 is 0 Å². The fourth-order valence-corrected chi connectivity index (χ4v) is 4.02. The summed E-state index contributed by atoms with van der Waals surface area (Å²) in [5.74, 6) is 1.73. The molecule has 3 N–H and O–H groups in total. The van der Waals surface area contributed by atoms with Gasteiger partial charge in [0.2, 0.25) is 11.9 Å². The molecule has 7 nitrogen and oxygen atoms in total. The maximum Gasteiger partial charge on any atom is 0.240 e. The third-order valence-electron chi connectivity index (χ3n) is 5.59. The predicted octanol–water partition coefficient (Wildman–Crippen LogP) is 2.58. The summed E-state index contributed by atoms with van der Waals surface area (Å²) in [6.45, 7) is 4.07. The topological polar surface area (TPSA) is 103 Å². The highest BCUT2D eigenvalue weighted by atomic mass is 16.3. The van der Waals surface area contributed by atoms with E-state index in [0.717, 1.165) is 41.7 Å². The summed E-state index contributed by atoms with van der Waals surface area (Å²) in [5, 5.41) is 11.1. The van der Waals surface area contributed by atoms with E-state index in [1.807, 2.05) is 17.6 Å². The molecule has 1 aliphatic carbocycles. The lowest BCUT2D eigenvalue weighted by molar-refractivity contribution is -0.0404. The number of anilines is 1. The zero-order valence-electron chi connectivity index (χ0n) is 15.2. The molecule has 1 aliphatic rings. The number of fused-ring (bicyclic) bond motifs is 1. The number of rotatable bonds is 3. The highest BCUT2D eigenvalue weighted by molar-refractivity contribution is 5.78. The Labute approximate surface area is 152 Å². The van der Waals surface area contributed by atoms with E-state index in [1.54, 1.807) is 0 Å². The average Bonchev–Trinajstić information content (AvgIpc) is 2.93. The molecule has 136 valence electrons. The minimum Gasteiger partial charge on any atom is -0.389 e. The van der Waals surface area contributed by atoms with Crippen LogP contribution in [-0.2, 0) is 6.42 Å². The molecule has 0 radical (unpaired) electrons. The van der Waals surface area contributed by atoms with E-state index in [4.69, 9.17) is 5.73 Å². The van der Waals surface area contributed by atoms with Crippen LogP contribution in [0.1, 0.15) is 44.0 Å². The van der Waals surface area contributed by atoms with Crippen LogP contribution in [0.2, 0.25) is 0 Å². The van der Waals surface area contributed by atoms with Gasteiger partial charge in [-0.2, -0.15) is 4.98 Å². The van der Waals surface area contributed by atoms with Gasteiger partial charge in [-0.05, 0) is 43.4 Å². The molecule has 4 rings (SSSR count). The van der Waals surface area contributed by atoms with Crippen molar-refractivity contribution >= 4 is 17.0 Å². The molecule has 1 saturated carbocycles. The number of nitrogens with two attached hydrogens (primary N) is 1. The van der Waals surface area contributed by atoms with Crippen LogP contribution in [0.5, 0.6) is 0 Å². The first kappa shape index (κ1) is 16.9. The smallest absolute Gasteiger partial charge is 0.240 e. The molecular weight excluding hydrogens is 328 g/mol. The van der Waals surface area contributed by atoms with Crippen molar-refractivity contribution in [2.45, 2.75) is 51.6 Å². The second-order valence-electron chi connectivity index (χ2n) is 7.39. The van der Waals surface area contributed by atoms with E-state index >= 15 is 0 Å². The second kappa shape index (κ2) is 6.32. The van der Waals surface area contributed by atoms with E-state index in [-0.39, 0.29) is 5.95 Å². The van der Waals surface area contributed by atoms with Crippen molar-refractivity contribution in [3.8, 4) is 5.95 Å². The third kappa shape index (κ3) is 2.92. The maximum absolute atomic E-state index is 11.1. The number of benzene rings is 1. The first-order chi connectivity index (χ1) is 12.5. The molecule has 2 heterocycles. The third-order valence-corrected chi connectivity index (χ3v) is 5.59. The summed E-state index contributed by atoms with van der Waals surface area (Å²) in [7, 11) is 0. The Hall–Kier alpha value is -2.54. The van der Waals surface area contributed by atoms with Crippen LogP contribution in [0.15, 0.2) is 24.5 Å². The van der Waals surface area contributed by atoms with E-state index in [0.29, 0.717) is 18.3 Å². The number of nitrogen functional groups attached to an aromatic ring is 1. The van der Waals surface area contributed by atoms with Crippen molar-refractivity contribution in [2.75, 3.05) is 5.73 Å². The van der Waals surface area contributed by atoms with Gasteiger partial charge >= 0.3 is 0 Å². The SMILES string of the molecule is Cc1nc2ccc(CC3(O)CCCCC3C)cc2n1-c1ncnc(N)n1. The standard InChI is InChI=1S/C19H24N6O/c1-12-5-3-4-8-19(12,26)10-14-6-7-15-16(9-14)25(13(2)23-15)18-22-11-21-17(20)24-18/h6-7,9,11-12,26H,3-5,8,10H2,1-2H3,(H2,20,21,22,24). The van der Waals surface area contributed by atoms with Gasteiger partial charge < -0.3 is 10.8 Å². The normalized spacial score (nSPS) is 23.4. The number of hydrogen-bond donors (Lipinski definition) is 2. The van der Waals surface area contributed by atoms with Gasteiger partial charge in [-0.1, -0.05) is 25.8 Å². The Morgan fingerprint density at radius 3 is 2.88 bits per heavy atom. The van der Waals surface area contributed by atoms with Crippen molar-refractivity contribution in [3.63, 3.8) is 0 Å². The summed E-state index contributed by atoms with van der Waals surface area (Å²) in [6, 6.07) is 6.13. The van der Waals surface area contributed by atoms with Gasteiger partial charge in [0.1, 0.15) is 12.2 Å². The van der Waals surface area contributed by atoms with Gasteiger partial charge in [0.05, 0.1) is 16.6 Å². The quantitative estimate of drug-likeness (QED) is 0.751. The number of aromatic nitrogens is 5. The molecule has 0 aliphatic heterocycles. The minimum absolute atomic E-state index is 0.178. The zero-order chi connectivity index (χ0) is 18.3. The summed E-state index contributed by atoms with van der Waals surface area (Å²) in [4.78, 5) is 16.9. The highest BCUT2D eigenvalue weighted by Crippen LogP contribution is 2.36. The first-order valence-corrected chi connectivity index (χ1v) is 9.11. The Morgan fingerprint density at radius 2 is 2.12 bits per heavy atom. The predicted molar refractivity (Wildman–Crippen MR) is 99.9 cm³/mol. The summed E-state index contributed by atoms with van der Waals surface area (Å²) in [5.41, 5.74) is 7.96. The Kier molecular flexibility index (Phi) is 4.11. The van der Waals surface area contributed by atoms with Crippen LogP contribution < -0.4 is 5.73 Å². The van der Waals surface area contributed by atoms with Crippen LogP contribution in [0.25, 0.3) is 17.0 Å². The molecule has 26 heavy (non-hydrogen) atoms. The van der Waals surface area contributed by atoms with Gasteiger partial charge in [0, 0.05) is 6.42 Å². The molecule has 1 fully saturated rings. The van der Waals surface area contributed by atoms with Crippen LogP contribution in [0.4, 0.5) is 5.95 Å². The molecule has 0 amide bonds. The minimum atomic E-state index is -0.635. The molecule has 1 aromatic carbocycles. The summed E-state index contributed by atoms with van der Waals surface area (Å²) >= 11 is 0. The van der Waals surface area contributed by atoms with Crippen LogP contribution in [0.3, 0.4) is 0 Å². The fourth-order valence-electron chi connectivity index (χ4n) is 4.02. The van der Waals surface area contributed by atoms with Crippen LogP contribution in [0, 0.1) is 12.8 Å². The lowest BCUT2D eigenvalue weighted by atomic mass is 9.73. The van der Waals surface area contributed by atoms with Crippen molar-refractivity contribution in [3.05, 3.63) is 35.9 Å². The van der Waals surface area contributed by atoms with Gasteiger partial charge in [-0.15, -0.1) is 0 Å². The summed E-state index contributed by atoms with van der Waals surface area (Å²) < 4.78 is 1.88. The Balaban J connectivity index is 1.76. The van der Waals surface area contributed by atoms with Gasteiger partial charge in [-0.3, -0.25) is 4.57 Å². The monoisotopic (exact) mass is 352 g/mol. The number of hydrogen-bond acceptors (Lipinski definition) is 6. The van der Waals surface area contributed by atoms with Crippen molar-refractivity contribution in [2.24, 2.45) is 5.92 Å². The number of nitrogens with zero attached hydrogens (tertiary/aromatic N) is 5. The number of imidazole rings is 1. The molecule has 7 heteroatoms. The van der Waals surface area contributed by atoms with Crippen molar-refractivity contribution in [1.82, 2.24) is 24.5 Å². The lowest BCUT2D eigenvalue weighted by Gasteiger charge is -2.38. The second-order valence-corrected chi connectivity index (χ2v) is 7.39. The largest absolute Gasteiger partial charge is 0.389 e.